The van der Waals surface area contributed by atoms with Crippen LogP contribution in [-0.2, 0) is 6.54 Å². The summed E-state index contributed by atoms with van der Waals surface area (Å²) in [5, 5.41) is 2.91. The lowest BCUT2D eigenvalue weighted by atomic mass is 10.1. The maximum Gasteiger partial charge on any atom is 0.258 e. The Bertz CT molecular complexity index is 599. The van der Waals surface area contributed by atoms with Gasteiger partial charge in [-0.25, -0.2) is 4.39 Å². The Morgan fingerprint density at radius 1 is 1.21 bits per heavy atom. The van der Waals surface area contributed by atoms with Gasteiger partial charge in [0.2, 0.25) is 0 Å². The van der Waals surface area contributed by atoms with E-state index in [1.165, 1.54) is 12.1 Å². The molecule has 2 rings (SSSR count). The number of carbonyl (C=O) groups excluding carboxylic acids is 1. The van der Waals surface area contributed by atoms with E-state index in [0.29, 0.717) is 17.3 Å². The molecule has 0 unspecified atom stereocenters. The van der Waals surface area contributed by atoms with Crippen LogP contribution in [0.2, 0.25) is 5.02 Å². The third kappa shape index (κ3) is 3.30. The van der Waals surface area contributed by atoms with Crippen molar-refractivity contribution >= 4 is 23.2 Å². The fourth-order valence-corrected chi connectivity index (χ4v) is 1.77. The molecular formula is C14H12ClFN2O. The highest BCUT2D eigenvalue weighted by molar-refractivity contribution is 6.31. The highest BCUT2D eigenvalue weighted by atomic mass is 35.5. The molecule has 5 heteroatoms. The van der Waals surface area contributed by atoms with Gasteiger partial charge < -0.3 is 11.1 Å². The maximum absolute atomic E-state index is 13.5. The Morgan fingerprint density at radius 3 is 2.53 bits per heavy atom. The molecule has 3 N–H and O–H groups in total. The number of nitrogens with one attached hydrogen (secondary N) is 1. The van der Waals surface area contributed by atoms with Gasteiger partial charge in [0.15, 0.2) is 0 Å². The molecule has 1 amide bonds. The number of hydrogen-bond donors (Lipinski definition) is 2. The molecule has 19 heavy (non-hydrogen) atoms. The molecule has 0 saturated carbocycles. The summed E-state index contributed by atoms with van der Waals surface area (Å²) < 4.78 is 13.5. The van der Waals surface area contributed by atoms with Crippen LogP contribution in [0.4, 0.5) is 10.1 Å². The van der Waals surface area contributed by atoms with E-state index in [1.54, 1.807) is 24.3 Å². The van der Waals surface area contributed by atoms with Crippen molar-refractivity contribution in [3.8, 4) is 0 Å². The largest absolute Gasteiger partial charge is 0.326 e. The monoisotopic (exact) mass is 278 g/mol. The molecule has 0 radical (unpaired) electrons. The second-order valence-electron chi connectivity index (χ2n) is 3.98. The summed E-state index contributed by atoms with van der Waals surface area (Å²) in [6.07, 6.45) is 0. The van der Waals surface area contributed by atoms with Crippen molar-refractivity contribution in [2.24, 2.45) is 5.73 Å². The normalized spacial score (nSPS) is 10.3. The van der Waals surface area contributed by atoms with Gasteiger partial charge in [-0.2, -0.15) is 0 Å². The molecule has 0 heterocycles. The topological polar surface area (TPSA) is 55.1 Å². The average Bonchev–Trinajstić information content (AvgIpc) is 2.42. The molecule has 2 aromatic carbocycles. The van der Waals surface area contributed by atoms with E-state index in [0.717, 1.165) is 11.6 Å². The highest BCUT2D eigenvalue weighted by Gasteiger charge is 2.12. The van der Waals surface area contributed by atoms with E-state index in [9.17, 15) is 9.18 Å². The van der Waals surface area contributed by atoms with Crippen LogP contribution in [0.25, 0.3) is 0 Å². The number of amides is 1. The summed E-state index contributed by atoms with van der Waals surface area (Å²) in [6.45, 7) is 0.428. The lowest BCUT2D eigenvalue weighted by Gasteiger charge is -2.07. The second kappa shape index (κ2) is 5.82. The van der Waals surface area contributed by atoms with Gasteiger partial charge in [-0.05, 0) is 35.9 Å². The zero-order valence-corrected chi connectivity index (χ0v) is 10.7. The molecule has 0 fully saturated rings. The Hall–Kier alpha value is -1.91. The van der Waals surface area contributed by atoms with E-state index in [1.807, 2.05) is 0 Å². The second-order valence-corrected chi connectivity index (χ2v) is 4.42. The van der Waals surface area contributed by atoms with Crippen LogP contribution >= 0.6 is 11.6 Å². The van der Waals surface area contributed by atoms with Gasteiger partial charge in [0.1, 0.15) is 5.82 Å². The van der Waals surface area contributed by atoms with Crippen LogP contribution in [0.15, 0.2) is 42.5 Å². The van der Waals surface area contributed by atoms with E-state index in [4.69, 9.17) is 17.3 Å². The summed E-state index contributed by atoms with van der Waals surface area (Å²) in [5.74, 6) is -1.15. The van der Waals surface area contributed by atoms with Gasteiger partial charge in [-0.3, -0.25) is 4.79 Å². The fourth-order valence-electron chi connectivity index (χ4n) is 1.59. The lowest BCUT2D eigenvalue weighted by Crippen LogP contribution is -2.13. The number of carbonyl (C=O) groups is 1. The van der Waals surface area contributed by atoms with Crippen LogP contribution in [0.3, 0.4) is 0 Å². The molecule has 0 spiro atoms. The molecule has 98 valence electrons. The first-order valence-electron chi connectivity index (χ1n) is 5.65. The van der Waals surface area contributed by atoms with Crippen LogP contribution in [-0.4, -0.2) is 5.91 Å². The van der Waals surface area contributed by atoms with Crippen molar-refractivity contribution in [3.05, 3.63) is 64.4 Å². The maximum atomic E-state index is 13.5. The predicted molar refractivity (Wildman–Crippen MR) is 73.7 cm³/mol. The smallest absolute Gasteiger partial charge is 0.258 e. The van der Waals surface area contributed by atoms with Crippen LogP contribution in [0.5, 0.6) is 0 Å². The van der Waals surface area contributed by atoms with E-state index in [-0.39, 0.29) is 5.56 Å². The van der Waals surface area contributed by atoms with Crippen molar-refractivity contribution in [1.29, 1.82) is 0 Å². The molecule has 3 nitrogen and oxygen atoms in total. The summed E-state index contributed by atoms with van der Waals surface area (Å²) in [7, 11) is 0. The standard InChI is InChI=1S/C14H12ClFN2O/c15-10-3-6-13(16)12(7-10)14(19)18-11-4-1-9(8-17)2-5-11/h1-7H,8,17H2,(H,18,19). The predicted octanol–water partition coefficient (Wildman–Crippen LogP) is 3.19. The first-order chi connectivity index (χ1) is 9.10. The van der Waals surface area contributed by atoms with E-state index < -0.39 is 11.7 Å². The summed E-state index contributed by atoms with van der Waals surface area (Å²) >= 11 is 5.74. The molecule has 0 atom stereocenters. The number of benzene rings is 2. The quantitative estimate of drug-likeness (QED) is 0.906. The minimum Gasteiger partial charge on any atom is -0.326 e. The van der Waals surface area contributed by atoms with Gasteiger partial charge in [0, 0.05) is 17.3 Å². The van der Waals surface area contributed by atoms with Crippen LogP contribution < -0.4 is 11.1 Å². The fraction of sp³-hybridized carbons (Fsp3) is 0.0714. The van der Waals surface area contributed by atoms with Crippen molar-refractivity contribution < 1.29 is 9.18 Å². The molecule has 0 aromatic heterocycles. The van der Waals surface area contributed by atoms with Crippen LogP contribution in [0.1, 0.15) is 15.9 Å². The lowest BCUT2D eigenvalue weighted by molar-refractivity contribution is 0.102. The van der Waals surface area contributed by atoms with E-state index >= 15 is 0 Å². The van der Waals surface area contributed by atoms with Crippen LogP contribution in [0, 0.1) is 5.82 Å². The summed E-state index contributed by atoms with van der Waals surface area (Å²) in [5.41, 5.74) is 6.91. The number of halogens is 2. The minimum atomic E-state index is -0.611. The van der Waals surface area contributed by atoms with Gasteiger partial charge in [0.25, 0.3) is 5.91 Å². The van der Waals surface area contributed by atoms with Crippen molar-refractivity contribution in [1.82, 2.24) is 0 Å². The molecule has 2 aromatic rings. The summed E-state index contributed by atoms with van der Waals surface area (Å²) in [6, 6.07) is 10.9. The first-order valence-corrected chi connectivity index (χ1v) is 6.03. The molecular weight excluding hydrogens is 267 g/mol. The SMILES string of the molecule is NCc1ccc(NC(=O)c2cc(Cl)ccc2F)cc1. The first kappa shape index (κ1) is 13.5. The Balaban J connectivity index is 2.18. The molecule has 0 aliphatic rings. The minimum absolute atomic E-state index is 0.0876. The number of rotatable bonds is 3. The third-order valence-corrected chi connectivity index (χ3v) is 2.86. The van der Waals surface area contributed by atoms with Gasteiger partial charge in [-0.15, -0.1) is 0 Å². The van der Waals surface area contributed by atoms with Gasteiger partial charge in [-0.1, -0.05) is 23.7 Å². The third-order valence-electron chi connectivity index (χ3n) is 2.62. The Kier molecular flexibility index (Phi) is 4.14. The molecule has 0 aliphatic heterocycles. The van der Waals surface area contributed by atoms with Crippen molar-refractivity contribution in [2.45, 2.75) is 6.54 Å². The zero-order valence-electron chi connectivity index (χ0n) is 9.99. The molecule has 0 aliphatic carbocycles. The molecule has 0 saturated heterocycles. The average molecular weight is 279 g/mol. The van der Waals surface area contributed by atoms with Gasteiger partial charge in [0.05, 0.1) is 5.56 Å². The van der Waals surface area contributed by atoms with Crippen molar-refractivity contribution in [3.63, 3.8) is 0 Å². The molecule has 0 bridgehead atoms. The summed E-state index contributed by atoms with van der Waals surface area (Å²) in [4.78, 5) is 11.9. The number of anilines is 1. The van der Waals surface area contributed by atoms with Gasteiger partial charge >= 0.3 is 0 Å². The number of nitrogens with two attached hydrogens (primary N) is 1. The Morgan fingerprint density at radius 2 is 1.89 bits per heavy atom. The Labute approximate surface area is 115 Å². The number of hydrogen-bond acceptors (Lipinski definition) is 2. The zero-order chi connectivity index (χ0) is 13.8. The van der Waals surface area contributed by atoms with E-state index in [2.05, 4.69) is 5.32 Å². The van der Waals surface area contributed by atoms with Crippen molar-refractivity contribution in [2.75, 3.05) is 5.32 Å². The highest BCUT2D eigenvalue weighted by Crippen LogP contribution is 2.17.